The van der Waals surface area contributed by atoms with Gasteiger partial charge in [-0.05, 0) is 5.56 Å². The summed E-state index contributed by atoms with van der Waals surface area (Å²) in [4.78, 5) is 9.53. The van der Waals surface area contributed by atoms with E-state index in [0.717, 1.165) is 6.07 Å². The first-order valence-corrected chi connectivity index (χ1v) is 4.80. The van der Waals surface area contributed by atoms with Gasteiger partial charge in [0, 0.05) is 23.2 Å². The number of nitro groups is 1. The molecule has 88 valence electrons. The van der Waals surface area contributed by atoms with Crippen LogP contribution in [-0.4, -0.2) is 4.92 Å². The average Bonchev–Trinajstić information content (AvgIpc) is 2.14. The van der Waals surface area contributed by atoms with Gasteiger partial charge in [0.2, 0.25) is 0 Å². The molecule has 0 saturated heterocycles. The predicted octanol–water partition coefficient (Wildman–Crippen LogP) is 2.83. The molecule has 2 N–H and O–H groups in total. The van der Waals surface area contributed by atoms with Crippen LogP contribution in [0.15, 0.2) is 16.6 Å². The van der Waals surface area contributed by atoms with E-state index in [0.29, 0.717) is 6.07 Å². The highest BCUT2D eigenvalue weighted by atomic mass is 79.9. The zero-order valence-electron chi connectivity index (χ0n) is 7.71. The van der Waals surface area contributed by atoms with Crippen LogP contribution in [0.1, 0.15) is 11.1 Å². The highest BCUT2D eigenvalue weighted by Gasteiger charge is 2.35. The Morgan fingerprint density at radius 2 is 2.00 bits per heavy atom. The fourth-order valence-electron chi connectivity index (χ4n) is 1.19. The van der Waals surface area contributed by atoms with E-state index in [1.807, 2.05) is 0 Å². The molecule has 0 spiro atoms. The Balaban J connectivity index is 3.49. The molecule has 0 unspecified atom stereocenters. The maximum atomic E-state index is 12.6. The predicted molar refractivity (Wildman–Crippen MR) is 53.7 cm³/mol. The van der Waals surface area contributed by atoms with Crippen LogP contribution in [0.3, 0.4) is 0 Å². The second-order valence-electron chi connectivity index (χ2n) is 2.91. The van der Waals surface area contributed by atoms with Gasteiger partial charge in [0.25, 0.3) is 5.69 Å². The van der Waals surface area contributed by atoms with Crippen molar-refractivity contribution >= 4 is 21.6 Å². The molecule has 0 radical (unpaired) electrons. The lowest BCUT2D eigenvalue weighted by Gasteiger charge is -2.12. The second-order valence-corrected chi connectivity index (χ2v) is 3.77. The molecular weight excluding hydrogens is 293 g/mol. The van der Waals surface area contributed by atoms with E-state index in [9.17, 15) is 23.3 Å². The normalized spacial score (nSPS) is 11.6. The van der Waals surface area contributed by atoms with Crippen molar-refractivity contribution in [2.45, 2.75) is 12.7 Å². The van der Waals surface area contributed by atoms with Crippen LogP contribution in [0.25, 0.3) is 0 Å². The van der Waals surface area contributed by atoms with Crippen molar-refractivity contribution in [3.63, 3.8) is 0 Å². The maximum absolute atomic E-state index is 12.6. The molecule has 1 rings (SSSR count). The number of non-ortho nitro benzene ring substituents is 1. The molecule has 16 heavy (non-hydrogen) atoms. The number of nitrogens with two attached hydrogens (primary N) is 1. The lowest BCUT2D eigenvalue weighted by molar-refractivity contribution is -0.385. The van der Waals surface area contributed by atoms with Gasteiger partial charge < -0.3 is 5.73 Å². The molecule has 0 aliphatic carbocycles. The first kappa shape index (κ1) is 12.9. The third-order valence-corrected chi connectivity index (χ3v) is 2.61. The van der Waals surface area contributed by atoms with Crippen molar-refractivity contribution in [1.29, 1.82) is 0 Å². The lowest BCUT2D eigenvalue weighted by atomic mass is 10.1. The maximum Gasteiger partial charge on any atom is 0.417 e. The number of alkyl halides is 3. The van der Waals surface area contributed by atoms with Crippen molar-refractivity contribution in [2.24, 2.45) is 5.73 Å². The van der Waals surface area contributed by atoms with Crippen molar-refractivity contribution in [1.82, 2.24) is 0 Å². The molecule has 0 fully saturated rings. The van der Waals surface area contributed by atoms with Crippen LogP contribution < -0.4 is 5.73 Å². The molecule has 0 heterocycles. The molecule has 1 aromatic rings. The second kappa shape index (κ2) is 4.38. The van der Waals surface area contributed by atoms with Crippen LogP contribution in [-0.2, 0) is 12.7 Å². The average molecular weight is 299 g/mol. The Labute approximate surface area is 96.5 Å². The Bertz CT molecular complexity index is 434. The van der Waals surface area contributed by atoms with Gasteiger partial charge in [0.1, 0.15) is 0 Å². The molecule has 0 bridgehead atoms. The first-order valence-electron chi connectivity index (χ1n) is 4.01. The standard InChI is InChI=1S/C8H6BrF3N2O2/c9-7-2-4(14(15)16)1-6(5(7)3-13)8(10,11)12/h1-2H,3,13H2. The molecule has 0 atom stereocenters. The molecule has 8 heteroatoms. The Hall–Kier alpha value is -1.15. The minimum absolute atomic E-state index is 0.0171. The Morgan fingerprint density at radius 1 is 1.44 bits per heavy atom. The minimum atomic E-state index is -4.66. The largest absolute Gasteiger partial charge is 0.417 e. The van der Waals surface area contributed by atoms with Crippen LogP contribution in [0.2, 0.25) is 0 Å². The summed E-state index contributed by atoms with van der Waals surface area (Å²) >= 11 is 2.83. The third-order valence-electron chi connectivity index (χ3n) is 1.90. The molecule has 0 saturated carbocycles. The SMILES string of the molecule is NCc1c(Br)cc([N+](=O)[O-])cc1C(F)(F)F. The number of benzene rings is 1. The highest BCUT2D eigenvalue weighted by molar-refractivity contribution is 9.10. The monoisotopic (exact) mass is 298 g/mol. The van der Waals surface area contributed by atoms with Crippen LogP contribution in [0, 0.1) is 10.1 Å². The van der Waals surface area contributed by atoms with Gasteiger partial charge in [-0.3, -0.25) is 10.1 Å². The van der Waals surface area contributed by atoms with Crippen LogP contribution in [0.4, 0.5) is 18.9 Å². The van der Waals surface area contributed by atoms with Gasteiger partial charge in [-0.1, -0.05) is 15.9 Å². The van der Waals surface area contributed by atoms with E-state index in [2.05, 4.69) is 15.9 Å². The van der Waals surface area contributed by atoms with Gasteiger partial charge in [-0.2, -0.15) is 13.2 Å². The summed E-state index contributed by atoms with van der Waals surface area (Å²) in [7, 11) is 0. The summed E-state index contributed by atoms with van der Waals surface area (Å²) in [6, 6.07) is 1.48. The van der Waals surface area contributed by atoms with Gasteiger partial charge in [0.15, 0.2) is 0 Å². The highest BCUT2D eigenvalue weighted by Crippen LogP contribution is 2.37. The van der Waals surface area contributed by atoms with E-state index in [1.165, 1.54) is 0 Å². The minimum Gasteiger partial charge on any atom is -0.326 e. The summed E-state index contributed by atoms with van der Waals surface area (Å²) in [5.41, 5.74) is 3.26. The van der Waals surface area contributed by atoms with Gasteiger partial charge in [-0.15, -0.1) is 0 Å². The van der Waals surface area contributed by atoms with Gasteiger partial charge >= 0.3 is 6.18 Å². The van der Waals surface area contributed by atoms with E-state index in [1.54, 1.807) is 0 Å². The molecule has 0 amide bonds. The fraction of sp³-hybridized carbons (Fsp3) is 0.250. The first-order chi connectivity index (χ1) is 7.27. The molecule has 1 aromatic carbocycles. The third kappa shape index (κ3) is 2.50. The summed E-state index contributed by atoms with van der Waals surface area (Å²) in [6.07, 6.45) is -4.66. The van der Waals surface area contributed by atoms with Crippen LogP contribution in [0.5, 0.6) is 0 Å². The number of nitro benzene ring substituents is 1. The molecule has 0 aliphatic rings. The van der Waals surface area contributed by atoms with E-state index in [-0.39, 0.29) is 16.6 Å². The molecule has 4 nitrogen and oxygen atoms in total. The number of hydrogen-bond acceptors (Lipinski definition) is 3. The number of rotatable bonds is 2. The number of nitrogens with zero attached hydrogens (tertiary/aromatic N) is 1. The molecular formula is C8H6BrF3N2O2. The lowest BCUT2D eigenvalue weighted by Crippen LogP contribution is -2.13. The van der Waals surface area contributed by atoms with E-state index >= 15 is 0 Å². The van der Waals surface area contributed by atoms with Crippen molar-refractivity contribution in [2.75, 3.05) is 0 Å². The quantitative estimate of drug-likeness (QED) is 0.674. The van der Waals surface area contributed by atoms with Gasteiger partial charge in [0.05, 0.1) is 10.5 Å². The summed E-state index contributed by atoms with van der Waals surface area (Å²) < 4.78 is 37.7. The van der Waals surface area contributed by atoms with Gasteiger partial charge in [-0.25, -0.2) is 0 Å². The summed E-state index contributed by atoms with van der Waals surface area (Å²) in [5, 5.41) is 10.4. The number of halogens is 4. The molecule has 0 aromatic heterocycles. The van der Waals surface area contributed by atoms with Crippen LogP contribution >= 0.6 is 15.9 Å². The summed E-state index contributed by atoms with van der Waals surface area (Å²) in [6.45, 7) is -0.354. The van der Waals surface area contributed by atoms with E-state index < -0.39 is 22.4 Å². The van der Waals surface area contributed by atoms with Crippen molar-refractivity contribution in [3.05, 3.63) is 37.8 Å². The topological polar surface area (TPSA) is 69.2 Å². The fourth-order valence-corrected chi connectivity index (χ4v) is 1.80. The van der Waals surface area contributed by atoms with Crippen molar-refractivity contribution in [3.8, 4) is 0 Å². The Morgan fingerprint density at radius 3 is 2.38 bits per heavy atom. The molecule has 0 aliphatic heterocycles. The van der Waals surface area contributed by atoms with E-state index in [4.69, 9.17) is 5.73 Å². The summed E-state index contributed by atoms with van der Waals surface area (Å²) in [5.74, 6) is 0. The Kier molecular flexibility index (Phi) is 3.54. The zero-order valence-corrected chi connectivity index (χ0v) is 9.30. The smallest absolute Gasteiger partial charge is 0.326 e. The zero-order chi connectivity index (χ0) is 12.5. The number of hydrogen-bond donors (Lipinski definition) is 1. The van der Waals surface area contributed by atoms with Crippen molar-refractivity contribution < 1.29 is 18.1 Å².